The molecule has 19 heteroatoms. The first kappa shape index (κ1) is 49.1. The zero-order valence-corrected chi connectivity index (χ0v) is 36.9. The summed E-state index contributed by atoms with van der Waals surface area (Å²) in [5, 5.41) is 13.1. The van der Waals surface area contributed by atoms with Gasteiger partial charge in [-0.2, -0.15) is 0 Å². The second-order valence-electron chi connectivity index (χ2n) is 17.2. The topological polar surface area (TPSA) is 243 Å². The summed E-state index contributed by atoms with van der Waals surface area (Å²) in [6, 6.07) is 4.48. The highest BCUT2D eigenvalue weighted by Gasteiger charge is 2.37. The predicted molar refractivity (Wildman–Crippen MR) is 222 cm³/mol. The Hall–Kier alpha value is -6.27. The SMILES string of the molecule is COC(=O)[C@H](C)NC(=O)C(C)(C)NC(=O)[C@@H](CCC(=O)OC(C)(C)C)NC(=O)[C@H](Cc1cn(Cc2ccccc2)cn1)NC(=O)[C@H](Cc1cncn1C)NC(=O)OC(C)(C)C. The van der Waals surface area contributed by atoms with Gasteiger partial charge in [-0.1, -0.05) is 30.3 Å². The van der Waals surface area contributed by atoms with E-state index in [0.29, 0.717) is 17.9 Å². The maximum atomic E-state index is 14.4. The molecule has 0 bridgehead atoms. The number of carbonyl (C=O) groups excluding carboxylic acids is 7. The van der Waals surface area contributed by atoms with Crippen LogP contribution in [0.15, 0.2) is 55.4 Å². The third-order valence-corrected chi connectivity index (χ3v) is 8.87. The van der Waals surface area contributed by atoms with E-state index in [0.717, 1.165) is 5.56 Å². The number of aromatic nitrogens is 4. The smallest absolute Gasteiger partial charge is 0.408 e. The van der Waals surface area contributed by atoms with Gasteiger partial charge >= 0.3 is 18.0 Å². The standard InChI is InChI=1S/C42H61N9O10/c1-26(37(56)59-11)45-38(57)42(8,9)49-36(55)30(17-18-33(52)60-40(2,3)4)46-34(53)31(19-28-23-51(25-44-28)22-27-15-13-12-14-16-27)47-35(54)32(20-29-21-43-24-50(29)10)48-39(58)61-41(5,6)7/h12-16,21,23-26,30-32H,17-20,22H2,1-11H3,(H,45,57)(H,46,53)(H,47,54)(H,48,58)(H,49,55)/t26-,30+,31-,32-/m0/s1. The fourth-order valence-electron chi connectivity index (χ4n) is 5.79. The number of nitrogens with zero attached hydrogens (tertiary/aromatic N) is 4. The monoisotopic (exact) mass is 851 g/mol. The maximum absolute atomic E-state index is 14.4. The van der Waals surface area contributed by atoms with Crippen LogP contribution in [-0.4, -0.2) is 109 Å². The molecule has 2 heterocycles. The van der Waals surface area contributed by atoms with Gasteiger partial charge < -0.3 is 49.9 Å². The van der Waals surface area contributed by atoms with Crippen LogP contribution < -0.4 is 26.6 Å². The van der Waals surface area contributed by atoms with Crippen molar-refractivity contribution in [3.8, 4) is 0 Å². The molecule has 0 spiro atoms. The summed E-state index contributed by atoms with van der Waals surface area (Å²) in [7, 11) is 2.89. The van der Waals surface area contributed by atoms with Crippen LogP contribution in [-0.2, 0) is 69.4 Å². The molecule has 4 atom stereocenters. The molecular weight excluding hydrogens is 791 g/mol. The first-order chi connectivity index (χ1) is 28.4. The van der Waals surface area contributed by atoms with E-state index in [2.05, 4.69) is 41.3 Å². The van der Waals surface area contributed by atoms with Crippen molar-refractivity contribution in [2.75, 3.05) is 7.11 Å². The van der Waals surface area contributed by atoms with Crippen LogP contribution >= 0.6 is 0 Å². The Morgan fingerprint density at radius 2 is 1.36 bits per heavy atom. The van der Waals surface area contributed by atoms with E-state index in [1.165, 1.54) is 40.4 Å². The molecule has 0 aliphatic heterocycles. The van der Waals surface area contributed by atoms with Crippen molar-refractivity contribution in [2.24, 2.45) is 7.05 Å². The van der Waals surface area contributed by atoms with Crippen molar-refractivity contribution < 1.29 is 47.8 Å². The predicted octanol–water partition coefficient (Wildman–Crippen LogP) is 2.01. The highest BCUT2D eigenvalue weighted by Crippen LogP contribution is 2.14. The number of alkyl carbamates (subject to hydrolysis) is 1. The average molecular weight is 852 g/mol. The molecule has 5 N–H and O–H groups in total. The van der Waals surface area contributed by atoms with Gasteiger partial charge in [-0.05, 0) is 74.3 Å². The van der Waals surface area contributed by atoms with E-state index in [4.69, 9.17) is 9.47 Å². The van der Waals surface area contributed by atoms with Crippen LogP contribution in [0, 0.1) is 0 Å². The van der Waals surface area contributed by atoms with E-state index >= 15 is 0 Å². The molecule has 0 aliphatic carbocycles. The normalized spacial score (nSPS) is 13.7. The number of amides is 5. The highest BCUT2D eigenvalue weighted by molar-refractivity contribution is 5.97. The molecule has 1 aromatic carbocycles. The number of aryl methyl sites for hydroxylation is 1. The Kier molecular flexibility index (Phi) is 17.2. The van der Waals surface area contributed by atoms with Crippen LogP contribution in [0.2, 0.25) is 0 Å². The Bertz CT molecular complexity index is 2000. The van der Waals surface area contributed by atoms with Crippen molar-refractivity contribution in [1.29, 1.82) is 0 Å². The van der Waals surface area contributed by atoms with Crippen LogP contribution in [0.25, 0.3) is 0 Å². The van der Waals surface area contributed by atoms with Crippen molar-refractivity contribution >= 4 is 41.7 Å². The quantitative estimate of drug-likeness (QED) is 0.0860. The minimum Gasteiger partial charge on any atom is -0.467 e. The second kappa shape index (κ2) is 21.3. The lowest BCUT2D eigenvalue weighted by atomic mass is 10.0. The van der Waals surface area contributed by atoms with Crippen molar-refractivity contribution in [2.45, 2.75) is 135 Å². The van der Waals surface area contributed by atoms with Gasteiger partial charge in [0.2, 0.25) is 23.6 Å². The summed E-state index contributed by atoms with van der Waals surface area (Å²) in [5.74, 6) is -4.54. The van der Waals surface area contributed by atoms with Gasteiger partial charge in [0.1, 0.15) is 40.9 Å². The number of benzene rings is 1. The molecule has 3 rings (SSSR count). The number of hydrogen-bond donors (Lipinski definition) is 5. The Balaban J connectivity index is 1.98. The fourth-order valence-corrected chi connectivity index (χ4v) is 5.79. The first-order valence-corrected chi connectivity index (χ1v) is 19.9. The molecule has 0 radical (unpaired) electrons. The maximum Gasteiger partial charge on any atom is 0.408 e. The molecule has 2 aromatic heterocycles. The van der Waals surface area contributed by atoms with Crippen LogP contribution in [0.1, 0.15) is 92.1 Å². The molecule has 0 unspecified atom stereocenters. The third kappa shape index (κ3) is 16.7. The van der Waals surface area contributed by atoms with Gasteiger partial charge in [-0.15, -0.1) is 0 Å². The van der Waals surface area contributed by atoms with Crippen molar-refractivity contribution in [3.63, 3.8) is 0 Å². The zero-order chi connectivity index (χ0) is 45.7. The molecule has 3 aromatic rings. The van der Waals surface area contributed by atoms with Gasteiger partial charge in [0.05, 0.1) is 25.5 Å². The van der Waals surface area contributed by atoms with Crippen molar-refractivity contribution in [1.82, 2.24) is 45.7 Å². The summed E-state index contributed by atoms with van der Waals surface area (Å²) in [6.45, 7) is 14.7. The van der Waals surface area contributed by atoms with Gasteiger partial charge in [0.25, 0.3) is 0 Å². The number of ether oxygens (including phenoxy) is 3. The van der Waals surface area contributed by atoms with Gasteiger partial charge in [0.15, 0.2) is 0 Å². The van der Waals surface area contributed by atoms with Gasteiger partial charge in [-0.25, -0.2) is 19.6 Å². The van der Waals surface area contributed by atoms with Crippen molar-refractivity contribution in [3.05, 3.63) is 72.3 Å². The van der Waals surface area contributed by atoms with E-state index in [1.807, 2.05) is 34.9 Å². The lowest BCUT2D eigenvalue weighted by Gasteiger charge is -2.30. The summed E-state index contributed by atoms with van der Waals surface area (Å²) >= 11 is 0. The minimum absolute atomic E-state index is 0.0335. The molecule has 0 saturated heterocycles. The molecule has 19 nitrogen and oxygen atoms in total. The third-order valence-electron chi connectivity index (χ3n) is 8.87. The summed E-state index contributed by atoms with van der Waals surface area (Å²) < 4.78 is 19.0. The number of imidazole rings is 2. The van der Waals surface area contributed by atoms with E-state index in [-0.39, 0.29) is 25.7 Å². The molecule has 334 valence electrons. The van der Waals surface area contributed by atoms with Crippen LogP contribution in [0.4, 0.5) is 4.79 Å². The molecular formula is C42H61N9O10. The molecule has 0 aliphatic rings. The number of esters is 2. The summed E-state index contributed by atoms with van der Waals surface area (Å²) in [6.07, 6.45) is 4.72. The lowest BCUT2D eigenvalue weighted by molar-refractivity contribution is -0.155. The number of hydrogen-bond acceptors (Lipinski definition) is 12. The number of nitrogens with one attached hydrogen (secondary N) is 5. The largest absolute Gasteiger partial charge is 0.467 e. The number of rotatable bonds is 19. The van der Waals surface area contributed by atoms with E-state index in [1.54, 1.807) is 65.7 Å². The molecule has 0 saturated carbocycles. The second-order valence-corrected chi connectivity index (χ2v) is 17.2. The summed E-state index contributed by atoms with van der Waals surface area (Å²) in [4.78, 5) is 102. The summed E-state index contributed by atoms with van der Waals surface area (Å²) in [5.41, 5.74) is -1.36. The van der Waals surface area contributed by atoms with Gasteiger partial charge in [-0.3, -0.25) is 24.0 Å². The van der Waals surface area contributed by atoms with E-state index < -0.39 is 82.6 Å². The lowest BCUT2D eigenvalue weighted by Crippen LogP contribution is -2.62. The first-order valence-electron chi connectivity index (χ1n) is 19.9. The molecule has 0 fully saturated rings. The zero-order valence-electron chi connectivity index (χ0n) is 36.9. The Labute approximate surface area is 356 Å². The van der Waals surface area contributed by atoms with Gasteiger partial charge in [0, 0.05) is 50.9 Å². The highest BCUT2D eigenvalue weighted by atomic mass is 16.6. The van der Waals surface area contributed by atoms with Crippen LogP contribution in [0.5, 0.6) is 0 Å². The number of carbonyl (C=O) groups is 7. The Morgan fingerprint density at radius 3 is 1.93 bits per heavy atom. The number of methoxy groups -OCH3 is 1. The van der Waals surface area contributed by atoms with Crippen LogP contribution in [0.3, 0.4) is 0 Å². The van der Waals surface area contributed by atoms with E-state index in [9.17, 15) is 33.6 Å². The Morgan fingerprint density at radius 1 is 0.754 bits per heavy atom. The minimum atomic E-state index is -1.63. The average Bonchev–Trinajstić information content (AvgIpc) is 3.77. The molecule has 5 amide bonds. The fraction of sp³-hybridized carbons (Fsp3) is 0.548. The molecule has 61 heavy (non-hydrogen) atoms.